The monoisotopic (exact) mass is 362 g/mol. The van der Waals surface area contributed by atoms with Gasteiger partial charge in [0.2, 0.25) is 5.91 Å². The van der Waals surface area contributed by atoms with Crippen LogP contribution in [0.25, 0.3) is 0 Å². The van der Waals surface area contributed by atoms with Crippen LogP contribution in [0.5, 0.6) is 5.75 Å². The molecule has 0 saturated carbocycles. The van der Waals surface area contributed by atoms with Crippen molar-refractivity contribution in [2.24, 2.45) is 0 Å². The number of hydrogen-bond donors (Lipinski definition) is 2. The van der Waals surface area contributed by atoms with E-state index in [2.05, 4.69) is 10.6 Å². The van der Waals surface area contributed by atoms with Crippen LogP contribution in [0.1, 0.15) is 12.5 Å². The smallest absolute Gasteiger partial charge is 0.239 e. The van der Waals surface area contributed by atoms with Crippen LogP contribution in [0.4, 0.5) is 5.69 Å². The lowest BCUT2D eigenvalue weighted by Gasteiger charge is -2.13. The maximum absolute atomic E-state index is 12.0. The molecule has 0 aliphatic carbocycles. The van der Waals surface area contributed by atoms with E-state index in [1.807, 2.05) is 49.4 Å². The number of carbonyl (C=O) groups excluding carboxylic acids is 1. The summed E-state index contributed by atoms with van der Waals surface area (Å²) in [5.41, 5.74) is 1.66. The van der Waals surface area contributed by atoms with Gasteiger partial charge in [-0.05, 0) is 30.7 Å². The van der Waals surface area contributed by atoms with Gasteiger partial charge < -0.3 is 20.1 Å². The van der Waals surface area contributed by atoms with Gasteiger partial charge >= 0.3 is 0 Å². The molecule has 0 bridgehead atoms. The largest absolute Gasteiger partial charge is 0.489 e. The van der Waals surface area contributed by atoms with Crippen LogP contribution in [0, 0.1) is 0 Å². The first-order valence-corrected chi connectivity index (χ1v) is 8.62. The van der Waals surface area contributed by atoms with Gasteiger partial charge in [0.05, 0.1) is 18.8 Å². The number of halogens is 1. The third-order valence-electron chi connectivity index (χ3n) is 3.45. The summed E-state index contributed by atoms with van der Waals surface area (Å²) in [6, 6.07) is 14.9. The van der Waals surface area contributed by atoms with E-state index in [0.717, 1.165) is 11.3 Å². The number of nitrogens with one attached hydrogen (secondary N) is 2. The Morgan fingerprint density at radius 1 is 1.08 bits per heavy atom. The van der Waals surface area contributed by atoms with Crippen LogP contribution >= 0.6 is 11.6 Å². The number of amides is 1. The number of anilines is 1. The molecule has 5 nitrogen and oxygen atoms in total. The second kappa shape index (κ2) is 10.6. The molecule has 0 saturated heterocycles. The Balaban J connectivity index is 1.80. The third-order valence-corrected chi connectivity index (χ3v) is 3.82. The summed E-state index contributed by atoms with van der Waals surface area (Å²) in [4.78, 5) is 12.0. The Labute approximate surface area is 153 Å². The highest BCUT2D eigenvalue weighted by Gasteiger charge is 2.06. The van der Waals surface area contributed by atoms with E-state index in [1.54, 1.807) is 6.07 Å². The van der Waals surface area contributed by atoms with Crippen LogP contribution in [-0.4, -0.2) is 32.3 Å². The van der Waals surface area contributed by atoms with Crippen molar-refractivity contribution in [2.75, 3.05) is 31.7 Å². The number of para-hydroxylation sites is 2. The zero-order valence-corrected chi connectivity index (χ0v) is 15.0. The van der Waals surface area contributed by atoms with Gasteiger partial charge in [-0.15, -0.1) is 0 Å². The summed E-state index contributed by atoms with van der Waals surface area (Å²) >= 11 is 6.08. The summed E-state index contributed by atoms with van der Waals surface area (Å²) < 4.78 is 10.9. The van der Waals surface area contributed by atoms with E-state index in [1.165, 1.54) is 0 Å². The molecule has 0 heterocycles. The van der Waals surface area contributed by atoms with Crippen molar-refractivity contribution in [3.8, 4) is 5.75 Å². The number of benzene rings is 2. The molecule has 6 heteroatoms. The van der Waals surface area contributed by atoms with E-state index in [-0.39, 0.29) is 12.5 Å². The highest BCUT2D eigenvalue weighted by atomic mass is 35.5. The average molecular weight is 363 g/mol. The molecular formula is C19H23ClN2O3. The minimum atomic E-state index is -0.121. The molecule has 0 atom stereocenters. The lowest BCUT2D eigenvalue weighted by Crippen LogP contribution is -2.29. The molecule has 0 radical (unpaired) electrons. The summed E-state index contributed by atoms with van der Waals surface area (Å²) in [5.74, 6) is 0.574. The molecule has 0 aromatic heterocycles. The van der Waals surface area contributed by atoms with E-state index >= 15 is 0 Å². The lowest BCUT2D eigenvalue weighted by molar-refractivity contribution is -0.119. The zero-order valence-electron chi connectivity index (χ0n) is 14.3. The van der Waals surface area contributed by atoms with Gasteiger partial charge in [0.15, 0.2) is 0 Å². The molecule has 0 spiro atoms. The number of hydrogen-bond acceptors (Lipinski definition) is 4. The average Bonchev–Trinajstić information content (AvgIpc) is 2.63. The van der Waals surface area contributed by atoms with Gasteiger partial charge in [0.25, 0.3) is 0 Å². The molecular weight excluding hydrogens is 340 g/mol. The van der Waals surface area contributed by atoms with Crippen molar-refractivity contribution in [1.29, 1.82) is 0 Å². The maximum atomic E-state index is 12.0. The van der Waals surface area contributed by atoms with E-state index in [4.69, 9.17) is 21.1 Å². The van der Waals surface area contributed by atoms with Crippen molar-refractivity contribution < 1.29 is 14.3 Å². The first kappa shape index (κ1) is 19.1. The number of rotatable bonds is 10. The van der Waals surface area contributed by atoms with Gasteiger partial charge in [-0.3, -0.25) is 4.79 Å². The summed E-state index contributed by atoms with van der Waals surface area (Å²) in [5, 5.41) is 6.58. The molecule has 2 aromatic carbocycles. The van der Waals surface area contributed by atoms with Gasteiger partial charge in [-0.25, -0.2) is 0 Å². The molecule has 2 rings (SSSR count). The molecule has 1 amide bonds. The molecule has 0 unspecified atom stereocenters. The number of carbonyl (C=O) groups is 1. The van der Waals surface area contributed by atoms with Crippen LogP contribution in [0.2, 0.25) is 5.02 Å². The summed E-state index contributed by atoms with van der Waals surface area (Å²) in [7, 11) is 0. The molecule has 0 aliphatic heterocycles. The third kappa shape index (κ3) is 6.64. The van der Waals surface area contributed by atoms with Crippen LogP contribution in [0.15, 0.2) is 48.5 Å². The van der Waals surface area contributed by atoms with Crippen LogP contribution in [-0.2, 0) is 16.1 Å². The summed E-state index contributed by atoms with van der Waals surface area (Å²) in [6.07, 6.45) is 0. The Kier molecular flexibility index (Phi) is 8.09. The van der Waals surface area contributed by atoms with Crippen molar-refractivity contribution in [3.63, 3.8) is 0 Å². The maximum Gasteiger partial charge on any atom is 0.239 e. The first-order chi connectivity index (χ1) is 12.2. The fraction of sp³-hybridized carbons (Fsp3) is 0.316. The quantitative estimate of drug-likeness (QED) is 0.635. The minimum absolute atomic E-state index is 0.121. The van der Waals surface area contributed by atoms with E-state index < -0.39 is 0 Å². The molecule has 0 aliphatic rings. The SMILES string of the molecule is CCOCCOc1ccccc1NCC(=O)NCc1ccccc1Cl. The number of ether oxygens (including phenoxy) is 2. The van der Waals surface area contributed by atoms with Gasteiger partial charge in [0.1, 0.15) is 12.4 Å². The van der Waals surface area contributed by atoms with Crippen molar-refractivity contribution >= 4 is 23.2 Å². The second-order valence-electron chi connectivity index (χ2n) is 5.26. The van der Waals surface area contributed by atoms with Crippen molar-refractivity contribution in [1.82, 2.24) is 5.32 Å². The normalized spacial score (nSPS) is 10.3. The molecule has 25 heavy (non-hydrogen) atoms. The van der Waals surface area contributed by atoms with E-state index in [9.17, 15) is 4.79 Å². The second-order valence-corrected chi connectivity index (χ2v) is 5.67. The Morgan fingerprint density at radius 2 is 1.84 bits per heavy atom. The zero-order chi connectivity index (χ0) is 17.9. The van der Waals surface area contributed by atoms with Gasteiger partial charge in [0, 0.05) is 18.2 Å². The fourth-order valence-corrected chi connectivity index (χ4v) is 2.37. The van der Waals surface area contributed by atoms with Crippen molar-refractivity contribution in [2.45, 2.75) is 13.5 Å². The predicted octanol–water partition coefficient (Wildman–Crippen LogP) is 3.48. The highest BCUT2D eigenvalue weighted by Crippen LogP contribution is 2.23. The predicted molar refractivity (Wildman–Crippen MR) is 100 cm³/mol. The summed E-state index contributed by atoms with van der Waals surface area (Å²) in [6.45, 7) is 4.14. The highest BCUT2D eigenvalue weighted by molar-refractivity contribution is 6.31. The van der Waals surface area contributed by atoms with Crippen LogP contribution in [0.3, 0.4) is 0 Å². The van der Waals surface area contributed by atoms with Crippen LogP contribution < -0.4 is 15.4 Å². The van der Waals surface area contributed by atoms with Gasteiger partial charge in [-0.1, -0.05) is 41.9 Å². The van der Waals surface area contributed by atoms with E-state index in [0.29, 0.717) is 37.1 Å². The minimum Gasteiger partial charge on any atom is -0.489 e. The molecule has 0 fully saturated rings. The first-order valence-electron chi connectivity index (χ1n) is 8.24. The Hall–Kier alpha value is -2.24. The topological polar surface area (TPSA) is 59.6 Å². The lowest BCUT2D eigenvalue weighted by atomic mass is 10.2. The van der Waals surface area contributed by atoms with Gasteiger partial charge in [-0.2, -0.15) is 0 Å². The fourth-order valence-electron chi connectivity index (χ4n) is 2.17. The molecule has 2 N–H and O–H groups in total. The standard InChI is InChI=1S/C19H23ClN2O3/c1-2-24-11-12-25-18-10-6-5-9-17(18)21-14-19(23)22-13-15-7-3-4-8-16(15)20/h3-10,21H,2,11-14H2,1H3,(H,22,23). The van der Waals surface area contributed by atoms with Crippen molar-refractivity contribution in [3.05, 3.63) is 59.1 Å². The Morgan fingerprint density at radius 3 is 2.64 bits per heavy atom. The molecule has 134 valence electrons. The molecule has 2 aromatic rings. The Bertz CT molecular complexity index is 679.